The van der Waals surface area contributed by atoms with Gasteiger partial charge in [-0.15, -0.1) is 0 Å². The summed E-state index contributed by atoms with van der Waals surface area (Å²) in [6.45, 7) is 5.43. The average Bonchev–Trinajstić information content (AvgIpc) is 2.36. The Labute approximate surface area is 109 Å². The summed E-state index contributed by atoms with van der Waals surface area (Å²) >= 11 is 0. The van der Waals surface area contributed by atoms with Crippen LogP contribution in [0, 0.1) is 5.92 Å². The molecule has 0 radical (unpaired) electrons. The molecule has 100 valence electrons. The molecule has 1 aliphatic heterocycles. The van der Waals surface area contributed by atoms with Crippen LogP contribution >= 0.6 is 0 Å². The maximum atomic E-state index is 5.86. The highest BCUT2D eigenvalue weighted by molar-refractivity contribution is 5.54. The molecule has 18 heavy (non-hydrogen) atoms. The fourth-order valence-electron chi connectivity index (χ4n) is 2.61. The normalized spacial score (nSPS) is 20.9. The molecule has 2 heterocycles. The lowest BCUT2D eigenvalue weighted by Crippen LogP contribution is -2.35. The van der Waals surface area contributed by atoms with Crippen molar-refractivity contribution >= 4 is 11.6 Å². The lowest BCUT2D eigenvalue weighted by Gasteiger charge is -2.30. The van der Waals surface area contributed by atoms with Crippen LogP contribution in [-0.2, 0) is 6.42 Å². The number of hydrogen-bond acceptors (Lipinski definition) is 5. The van der Waals surface area contributed by atoms with E-state index in [1.54, 1.807) is 0 Å². The van der Waals surface area contributed by atoms with Crippen LogP contribution in [0.4, 0.5) is 11.6 Å². The van der Waals surface area contributed by atoms with E-state index in [2.05, 4.69) is 34.2 Å². The molecular formula is C13H23N5. The molecule has 3 N–H and O–H groups in total. The first-order valence-corrected chi connectivity index (χ1v) is 6.72. The second-order valence-corrected chi connectivity index (χ2v) is 5.09. The molecule has 1 aromatic rings. The smallest absolute Gasteiger partial charge is 0.134 e. The number of nitrogen functional groups attached to an aromatic ring is 1. The summed E-state index contributed by atoms with van der Waals surface area (Å²) < 4.78 is 0. The van der Waals surface area contributed by atoms with Crippen molar-refractivity contribution in [3.05, 3.63) is 11.9 Å². The van der Waals surface area contributed by atoms with E-state index in [9.17, 15) is 0 Å². The molecule has 1 aliphatic rings. The van der Waals surface area contributed by atoms with Crippen molar-refractivity contribution in [1.29, 1.82) is 0 Å². The van der Waals surface area contributed by atoms with Crippen molar-refractivity contribution < 1.29 is 0 Å². The Kier molecular flexibility index (Phi) is 4.36. The summed E-state index contributed by atoms with van der Waals surface area (Å²) in [5.41, 5.74) is 6.89. The SMILES string of the molecule is CCc1c(N)ncnc1NCC1CCCN(C)C1. The van der Waals surface area contributed by atoms with Gasteiger partial charge in [0.05, 0.1) is 0 Å². The third-order valence-corrected chi connectivity index (χ3v) is 3.61. The van der Waals surface area contributed by atoms with Gasteiger partial charge in [0.15, 0.2) is 0 Å². The van der Waals surface area contributed by atoms with E-state index < -0.39 is 0 Å². The molecule has 1 aromatic heterocycles. The average molecular weight is 249 g/mol. The Morgan fingerprint density at radius 3 is 3.06 bits per heavy atom. The van der Waals surface area contributed by atoms with E-state index in [4.69, 9.17) is 5.73 Å². The highest BCUT2D eigenvalue weighted by atomic mass is 15.1. The van der Waals surface area contributed by atoms with Gasteiger partial charge in [-0.25, -0.2) is 9.97 Å². The predicted molar refractivity (Wildman–Crippen MR) is 74.5 cm³/mol. The molecule has 0 bridgehead atoms. The topological polar surface area (TPSA) is 67.1 Å². The van der Waals surface area contributed by atoms with Crippen LogP contribution in [0.1, 0.15) is 25.3 Å². The maximum absolute atomic E-state index is 5.86. The molecule has 0 amide bonds. The van der Waals surface area contributed by atoms with E-state index in [-0.39, 0.29) is 0 Å². The number of nitrogens with two attached hydrogens (primary N) is 1. The molecule has 5 heteroatoms. The van der Waals surface area contributed by atoms with Crippen LogP contribution in [0.25, 0.3) is 0 Å². The molecule has 1 fully saturated rings. The second kappa shape index (κ2) is 6.00. The molecule has 0 spiro atoms. The zero-order chi connectivity index (χ0) is 13.0. The Morgan fingerprint density at radius 1 is 1.50 bits per heavy atom. The van der Waals surface area contributed by atoms with Crippen molar-refractivity contribution in [2.45, 2.75) is 26.2 Å². The predicted octanol–water partition coefficient (Wildman–Crippen LogP) is 1.37. The molecule has 1 unspecified atom stereocenters. The fraction of sp³-hybridized carbons (Fsp3) is 0.692. The minimum absolute atomic E-state index is 0.593. The van der Waals surface area contributed by atoms with Crippen LogP contribution in [0.15, 0.2) is 6.33 Å². The van der Waals surface area contributed by atoms with E-state index in [0.29, 0.717) is 11.7 Å². The van der Waals surface area contributed by atoms with Crippen molar-refractivity contribution in [3.8, 4) is 0 Å². The van der Waals surface area contributed by atoms with Crippen molar-refractivity contribution in [1.82, 2.24) is 14.9 Å². The number of nitrogens with one attached hydrogen (secondary N) is 1. The minimum Gasteiger partial charge on any atom is -0.383 e. The third-order valence-electron chi connectivity index (χ3n) is 3.61. The summed E-state index contributed by atoms with van der Waals surface area (Å²) in [5.74, 6) is 2.19. The molecule has 1 atom stereocenters. The largest absolute Gasteiger partial charge is 0.383 e. The van der Waals surface area contributed by atoms with Gasteiger partial charge in [0, 0.05) is 18.7 Å². The number of piperidine rings is 1. The highest BCUT2D eigenvalue weighted by Gasteiger charge is 2.17. The summed E-state index contributed by atoms with van der Waals surface area (Å²) in [7, 11) is 2.19. The Hall–Kier alpha value is -1.36. The zero-order valence-electron chi connectivity index (χ0n) is 11.3. The molecule has 5 nitrogen and oxygen atoms in total. The number of hydrogen-bond donors (Lipinski definition) is 2. The molecular weight excluding hydrogens is 226 g/mol. The van der Waals surface area contributed by atoms with Crippen molar-refractivity contribution in [3.63, 3.8) is 0 Å². The van der Waals surface area contributed by atoms with E-state index in [1.165, 1.54) is 25.7 Å². The summed E-state index contributed by atoms with van der Waals surface area (Å²) in [4.78, 5) is 10.7. The Balaban J connectivity index is 1.95. The molecule has 2 rings (SSSR count). The highest BCUT2D eigenvalue weighted by Crippen LogP contribution is 2.20. The lowest BCUT2D eigenvalue weighted by atomic mass is 9.98. The van der Waals surface area contributed by atoms with E-state index >= 15 is 0 Å². The first-order valence-electron chi connectivity index (χ1n) is 6.72. The second-order valence-electron chi connectivity index (χ2n) is 5.09. The lowest BCUT2D eigenvalue weighted by molar-refractivity contribution is 0.217. The zero-order valence-corrected chi connectivity index (χ0v) is 11.3. The van der Waals surface area contributed by atoms with Gasteiger partial charge in [-0.05, 0) is 38.8 Å². The van der Waals surface area contributed by atoms with Gasteiger partial charge in [0.2, 0.25) is 0 Å². The number of aromatic nitrogens is 2. The maximum Gasteiger partial charge on any atom is 0.134 e. The fourth-order valence-corrected chi connectivity index (χ4v) is 2.61. The van der Waals surface area contributed by atoms with Crippen molar-refractivity contribution in [2.75, 3.05) is 37.7 Å². The summed E-state index contributed by atoms with van der Waals surface area (Å²) in [6.07, 6.45) is 4.97. The van der Waals surface area contributed by atoms with Gasteiger partial charge >= 0.3 is 0 Å². The monoisotopic (exact) mass is 249 g/mol. The van der Waals surface area contributed by atoms with Crippen LogP contribution < -0.4 is 11.1 Å². The number of anilines is 2. The van der Waals surface area contributed by atoms with Gasteiger partial charge in [0.25, 0.3) is 0 Å². The first-order chi connectivity index (χ1) is 8.70. The quantitative estimate of drug-likeness (QED) is 0.843. The Morgan fingerprint density at radius 2 is 2.33 bits per heavy atom. The summed E-state index contributed by atoms with van der Waals surface area (Å²) in [5, 5.41) is 3.44. The van der Waals surface area contributed by atoms with Crippen LogP contribution in [-0.4, -0.2) is 41.5 Å². The first kappa shape index (κ1) is 13.1. The molecule has 0 aliphatic carbocycles. The van der Waals surface area contributed by atoms with Gasteiger partial charge in [0.1, 0.15) is 18.0 Å². The Bertz CT molecular complexity index is 393. The molecule has 0 aromatic carbocycles. The van der Waals surface area contributed by atoms with Gasteiger partial charge < -0.3 is 16.0 Å². The van der Waals surface area contributed by atoms with Crippen LogP contribution in [0.2, 0.25) is 0 Å². The van der Waals surface area contributed by atoms with E-state index in [0.717, 1.165) is 30.9 Å². The molecule has 1 saturated heterocycles. The van der Waals surface area contributed by atoms with Gasteiger partial charge in [-0.2, -0.15) is 0 Å². The van der Waals surface area contributed by atoms with Crippen molar-refractivity contribution in [2.24, 2.45) is 5.92 Å². The third kappa shape index (κ3) is 3.10. The van der Waals surface area contributed by atoms with Crippen LogP contribution in [0.5, 0.6) is 0 Å². The van der Waals surface area contributed by atoms with Gasteiger partial charge in [-0.3, -0.25) is 0 Å². The standard InChI is InChI=1S/C13H23N5/c1-3-11-12(14)16-9-17-13(11)15-7-10-5-4-6-18(2)8-10/h9-10H,3-8H2,1-2H3,(H3,14,15,16,17). The number of rotatable bonds is 4. The number of nitrogens with zero attached hydrogens (tertiary/aromatic N) is 3. The van der Waals surface area contributed by atoms with E-state index in [1.807, 2.05) is 0 Å². The number of likely N-dealkylation sites (tertiary alicyclic amines) is 1. The minimum atomic E-state index is 0.593. The van der Waals surface area contributed by atoms with Gasteiger partial charge in [-0.1, -0.05) is 6.92 Å². The van der Waals surface area contributed by atoms with Crippen LogP contribution in [0.3, 0.4) is 0 Å². The molecule has 0 saturated carbocycles. The summed E-state index contributed by atoms with van der Waals surface area (Å²) in [6, 6.07) is 0.